The van der Waals surface area contributed by atoms with Gasteiger partial charge in [0, 0.05) is 37.9 Å². The first-order valence-corrected chi connectivity index (χ1v) is 9.60. The Labute approximate surface area is 184 Å². The second kappa shape index (κ2) is 11.9. The third-order valence-electron chi connectivity index (χ3n) is 4.47. The Morgan fingerprint density at radius 1 is 1.18 bits per heavy atom. The molecular weight excluding hydrogens is 465 g/mol. The maximum absolute atomic E-state index is 5.46. The number of aryl methyl sites for hydroxylation is 1. The number of pyridine rings is 1. The minimum absolute atomic E-state index is 0. The highest BCUT2D eigenvalue weighted by molar-refractivity contribution is 14.0. The van der Waals surface area contributed by atoms with Gasteiger partial charge in [-0.3, -0.25) is 0 Å². The number of benzene rings is 1. The van der Waals surface area contributed by atoms with Crippen molar-refractivity contribution in [3.05, 3.63) is 59.3 Å². The van der Waals surface area contributed by atoms with Gasteiger partial charge in [0.05, 0.1) is 19.8 Å². The maximum atomic E-state index is 5.46. The Balaban J connectivity index is 0.00000280. The largest absolute Gasteiger partial charge is 0.378 e. The van der Waals surface area contributed by atoms with E-state index >= 15 is 0 Å². The molecular formula is C21H30IN5O. The molecule has 3 rings (SSSR count). The summed E-state index contributed by atoms with van der Waals surface area (Å²) in [6.07, 6.45) is 1.85. The number of ether oxygens (including phenoxy) is 1. The molecule has 2 heterocycles. The van der Waals surface area contributed by atoms with Crippen LogP contribution < -0.4 is 15.5 Å². The fourth-order valence-electron chi connectivity index (χ4n) is 3.13. The van der Waals surface area contributed by atoms with Crippen molar-refractivity contribution < 1.29 is 4.74 Å². The Hall–Kier alpha value is -1.87. The molecule has 0 amide bonds. The standard InChI is InChI=1S/C21H29N5O.HI/c1-3-22-21(24-15-18-7-4-6-17(2)14-18)25-16-19-8-5-9-23-20(19)26-10-12-27-13-11-26;/h4-9,14H,3,10-13,15-16H2,1-2H3,(H2,22,24,25);1H. The molecule has 0 aliphatic carbocycles. The van der Waals surface area contributed by atoms with Crippen LogP contribution in [0.15, 0.2) is 47.6 Å². The molecule has 0 spiro atoms. The summed E-state index contributed by atoms with van der Waals surface area (Å²) in [5, 5.41) is 6.76. The normalized spacial score (nSPS) is 14.4. The highest BCUT2D eigenvalue weighted by Gasteiger charge is 2.15. The van der Waals surface area contributed by atoms with Crippen molar-refractivity contribution in [3.63, 3.8) is 0 Å². The molecule has 152 valence electrons. The molecule has 0 radical (unpaired) electrons. The third-order valence-corrected chi connectivity index (χ3v) is 4.47. The number of aromatic nitrogens is 1. The van der Waals surface area contributed by atoms with Crippen LogP contribution in [0, 0.1) is 6.92 Å². The zero-order valence-corrected chi connectivity index (χ0v) is 19.0. The van der Waals surface area contributed by atoms with E-state index in [2.05, 4.69) is 64.7 Å². The van der Waals surface area contributed by atoms with Crippen LogP contribution >= 0.6 is 24.0 Å². The Bertz CT molecular complexity index is 762. The molecule has 1 saturated heterocycles. The van der Waals surface area contributed by atoms with Gasteiger partial charge in [0.2, 0.25) is 0 Å². The third kappa shape index (κ3) is 6.63. The number of morpholine rings is 1. The van der Waals surface area contributed by atoms with Crippen LogP contribution in [0.3, 0.4) is 0 Å². The summed E-state index contributed by atoms with van der Waals surface area (Å²) in [6, 6.07) is 12.6. The van der Waals surface area contributed by atoms with Crippen molar-refractivity contribution in [2.24, 2.45) is 4.99 Å². The summed E-state index contributed by atoms with van der Waals surface area (Å²) in [6.45, 7) is 9.61. The van der Waals surface area contributed by atoms with E-state index in [1.165, 1.54) is 16.7 Å². The molecule has 0 bridgehead atoms. The molecule has 0 atom stereocenters. The van der Waals surface area contributed by atoms with E-state index < -0.39 is 0 Å². The van der Waals surface area contributed by atoms with Gasteiger partial charge in [-0.25, -0.2) is 9.98 Å². The second-order valence-corrected chi connectivity index (χ2v) is 6.62. The Morgan fingerprint density at radius 3 is 2.75 bits per heavy atom. The topological polar surface area (TPSA) is 61.8 Å². The zero-order chi connectivity index (χ0) is 18.9. The molecule has 0 unspecified atom stereocenters. The summed E-state index contributed by atoms with van der Waals surface area (Å²) in [4.78, 5) is 11.6. The van der Waals surface area contributed by atoms with Gasteiger partial charge in [0.15, 0.2) is 5.96 Å². The summed E-state index contributed by atoms with van der Waals surface area (Å²) >= 11 is 0. The van der Waals surface area contributed by atoms with Crippen LogP contribution in [0.5, 0.6) is 0 Å². The van der Waals surface area contributed by atoms with Gasteiger partial charge < -0.3 is 20.3 Å². The number of aliphatic imine (C=N–C) groups is 1. The smallest absolute Gasteiger partial charge is 0.191 e. The number of hydrogen-bond acceptors (Lipinski definition) is 4. The molecule has 1 aliphatic heterocycles. The highest BCUT2D eigenvalue weighted by atomic mass is 127. The van der Waals surface area contributed by atoms with Crippen molar-refractivity contribution in [1.82, 2.24) is 15.6 Å². The van der Waals surface area contributed by atoms with Gasteiger partial charge in [0.25, 0.3) is 0 Å². The minimum Gasteiger partial charge on any atom is -0.378 e. The van der Waals surface area contributed by atoms with Crippen LogP contribution in [0.4, 0.5) is 5.82 Å². The summed E-state index contributed by atoms with van der Waals surface area (Å²) in [5.41, 5.74) is 3.63. The lowest BCUT2D eigenvalue weighted by Gasteiger charge is -2.29. The van der Waals surface area contributed by atoms with E-state index in [1.54, 1.807) is 0 Å². The van der Waals surface area contributed by atoms with E-state index in [-0.39, 0.29) is 24.0 Å². The molecule has 1 aromatic heterocycles. The van der Waals surface area contributed by atoms with Crippen molar-refractivity contribution in [1.29, 1.82) is 0 Å². The highest BCUT2D eigenvalue weighted by Crippen LogP contribution is 2.18. The lowest BCUT2D eigenvalue weighted by molar-refractivity contribution is 0.122. The van der Waals surface area contributed by atoms with E-state index in [0.29, 0.717) is 13.1 Å². The molecule has 28 heavy (non-hydrogen) atoms. The van der Waals surface area contributed by atoms with Gasteiger partial charge in [-0.05, 0) is 25.5 Å². The minimum atomic E-state index is 0. The van der Waals surface area contributed by atoms with Gasteiger partial charge in [-0.2, -0.15) is 0 Å². The van der Waals surface area contributed by atoms with Crippen molar-refractivity contribution in [3.8, 4) is 0 Å². The predicted octanol–water partition coefficient (Wildman–Crippen LogP) is 3.10. The van der Waals surface area contributed by atoms with E-state index in [4.69, 9.17) is 9.73 Å². The van der Waals surface area contributed by atoms with Gasteiger partial charge in [0.1, 0.15) is 5.82 Å². The lowest BCUT2D eigenvalue weighted by Crippen LogP contribution is -2.39. The molecule has 0 saturated carbocycles. The summed E-state index contributed by atoms with van der Waals surface area (Å²) in [7, 11) is 0. The maximum Gasteiger partial charge on any atom is 0.191 e. The Morgan fingerprint density at radius 2 is 2.00 bits per heavy atom. The molecule has 2 aromatic rings. The average molecular weight is 495 g/mol. The number of anilines is 1. The van der Waals surface area contributed by atoms with Crippen LogP contribution in [-0.2, 0) is 17.8 Å². The number of halogens is 1. The molecule has 1 aliphatic rings. The number of rotatable bonds is 6. The van der Waals surface area contributed by atoms with Crippen molar-refractivity contribution >= 4 is 35.8 Å². The predicted molar refractivity (Wildman–Crippen MR) is 126 cm³/mol. The Kier molecular flexibility index (Phi) is 9.49. The van der Waals surface area contributed by atoms with Crippen LogP contribution in [0.25, 0.3) is 0 Å². The fraction of sp³-hybridized carbons (Fsp3) is 0.429. The van der Waals surface area contributed by atoms with E-state index in [1.807, 2.05) is 12.3 Å². The molecule has 1 fully saturated rings. The SMILES string of the molecule is CCNC(=NCc1cccc(C)c1)NCc1cccnc1N1CCOCC1.I. The number of guanidine groups is 1. The summed E-state index contributed by atoms with van der Waals surface area (Å²) in [5.74, 6) is 1.85. The molecule has 7 heteroatoms. The first kappa shape index (κ1) is 22.4. The van der Waals surface area contributed by atoms with E-state index in [0.717, 1.165) is 44.6 Å². The van der Waals surface area contributed by atoms with E-state index in [9.17, 15) is 0 Å². The molecule has 1 aromatic carbocycles. The second-order valence-electron chi connectivity index (χ2n) is 6.62. The van der Waals surface area contributed by atoms with Gasteiger partial charge >= 0.3 is 0 Å². The molecule has 6 nitrogen and oxygen atoms in total. The van der Waals surface area contributed by atoms with Crippen LogP contribution in [0.1, 0.15) is 23.6 Å². The first-order valence-electron chi connectivity index (χ1n) is 9.60. The average Bonchev–Trinajstić information content (AvgIpc) is 2.71. The van der Waals surface area contributed by atoms with Crippen molar-refractivity contribution in [2.45, 2.75) is 26.9 Å². The number of hydrogen-bond donors (Lipinski definition) is 2. The first-order chi connectivity index (χ1) is 13.3. The quantitative estimate of drug-likeness (QED) is 0.367. The van der Waals surface area contributed by atoms with Gasteiger partial charge in [-0.1, -0.05) is 35.9 Å². The van der Waals surface area contributed by atoms with Crippen molar-refractivity contribution in [2.75, 3.05) is 37.7 Å². The van der Waals surface area contributed by atoms with Crippen LogP contribution in [0.2, 0.25) is 0 Å². The van der Waals surface area contributed by atoms with Crippen LogP contribution in [-0.4, -0.2) is 43.8 Å². The number of nitrogens with one attached hydrogen (secondary N) is 2. The zero-order valence-electron chi connectivity index (χ0n) is 16.6. The van der Waals surface area contributed by atoms with Gasteiger partial charge in [-0.15, -0.1) is 24.0 Å². The monoisotopic (exact) mass is 495 g/mol. The lowest BCUT2D eigenvalue weighted by atomic mass is 10.1. The fourth-order valence-corrected chi connectivity index (χ4v) is 3.13. The number of nitrogens with zero attached hydrogens (tertiary/aromatic N) is 3. The summed E-state index contributed by atoms with van der Waals surface area (Å²) < 4.78 is 5.46. The molecule has 2 N–H and O–H groups in total.